The molecule has 2 N–H and O–H groups in total. The molecule has 0 aliphatic carbocycles. The maximum absolute atomic E-state index is 9.38. The lowest BCUT2D eigenvalue weighted by Crippen LogP contribution is -2.25. The summed E-state index contributed by atoms with van der Waals surface area (Å²) in [5, 5.41) is 12.2. The predicted molar refractivity (Wildman–Crippen MR) is 57.8 cm³/mol. The fourth-order valence-corrected chi connectivity index (χ4v) is 1.12. The zero-order valence-corrected chi connectivity index (χ0v) is 9.73. The molecule has 1 rings (SSSR count). The summed E-state index contributed by atoms with van der Waals surface area (Å²) in [7, 11) is 2.93. The Bertz CT molecular complexity index is 339. The van der Waals surface area contributed by atoms with Gasteiger partial charge in [-0.3, -0.25) is 0 Å². The van der Waals surface area contributed by atoms with Crippen molar-refractivity contribution in [3.8, 4) is 6.01 Å². The van der Waals surface area contributed by atoms with Crippen LogP contribution in [-0.2, 0) is 4.74 Å². The molecule has 7 nitrogen and oxygen atoms in total. The van der Waals surface area contributed by atoms with Gasteiger partial charge in [-0.25, -0.2) is 0 Å². The highest BCUT2D eigenvalue weighted by molar-refractivity contribution is 6.28. The van der Waals surface area contributed by atoms with Crippen molar-refractivity contribution in [2.75, 3.05) is 32.7 Å². The summed E-state index contributed by atoms with van der Waals surface area (Å²) in [6.45, 7) is 0.473. The van der Waals surface area contributed by atoms with E-state index < -0.39 is 6.10 Å². The first-order chi connectivity index (χ1) is 7.65. The van der Waals surface area contributed by atoms with E-state index in [9.17, 15) is 5.11 Å². The second-order valence-electron chi connectivity index (χ2n) is 2.90. The van der Waals surface area contributed by atoms with Crippen LogP contribution in [0.2, 0.25) is 5.28 Å². The predicted octanol–water partition coefficient (Wildman–Crippen LogP) is -0.0472. The number of anilines is 1. The molecule has 1 aromatic rings. The first kappa shape index (κ1) is 12.9. The Labute approximate surface area is 97.8 Å². The van der Waals surface area contributed by atoms with Crippen LogP contribution < -0.4 is 10.1 Å². The monoisotopic (exact) mass is 248 g/mol. The van der Waals surface area contributed by atoms with E-state index >= 15 is 0 Å². The van der Waals surface area contributed by atoms with E-state index in [0.29, 0.717) is 0 Å². The lowest BCUT2D eigenvalue weighted by Gasteiger charge is -2.10. The van der Waals surface area contributed by atoms with Crippen molar-refractivity contribution in [1.82, 2.24) is 15.0 Å². The molecule has 1 heterocycles. The van der Waals surface area contributed by atoms with E-state index in [0.717, 1.165) is 0 Å². The number of rotatable bonds is 6. The van der Waals surface area contributed by atoms with Gasteiger partial charge in [-0.2, -0.15) is 15.0 Å². The highest BCUT2D eigenvalue weighted by Crippen LogP contribution is 2.10. The van der Waals surface area contributed by atoms with Crippen molar-refractivity contribution in [2.45, 2.75) is 6.10 Å². The molecule has 0 saturated carbocycles. The number of methoxy groups -OCH3 is 2. The molecule has 0 fully saturated rings. The molecular formula is C8H13ClN4O3. The van der Waals surface area contributed by atoms with Crippen molar-refractivity contribution in [2.24, 2.45) is 0 Å². The maximum atomic E-state index is 9.38. The van der Waals surface area contributed by atoms with Gasteiger partial charge in [0.25, 0.3) is 0 Å². The number of halogens is 1. The zero-order valence-electron chi connectivity index (χ0n) is 8.97. The van der Waals surface area contributed by atoms with E-state index in [2.05, 4.69) is 20.3 Å². The molecule has 1 unspecified atom stereocenters. The average Bonchev–Trinajstić information content (AvgIpc) is 2.26. The Morgan fingerprint density at radius 3 is 2.75 bits per heavy atom. The SMILES string of the molecule is COCC(O)CNc1nc(Cl)nc(OC)n1. The van der Waals surface area contributed by atoms with Crippen molar-refractivity contribution in [3.63, 3.8) is 0 Å². The van der Waals surface area contributed by atoms with Crippen molar-refractivity contribution in [1.29, 1.82) is 0 Å². The Kier molecular flexibility index (Phi) is 5.17. The van der Waals surface area contributed by atoms with E-state index in [-0.39, 0.29) is 30.4 Å². The van der Waals surface area contributed by atoms with Crippen LogP contribution in [-0.4, -0.2) is 53.5 Å². The summed E-state index contributed by atoms with van der Waals surface area (Å²) < 4.78 is 9.58. The molecule has 0 amide bonds. The second kappa shape index (κ2) is 6.41. The summed E-state index contributed by atoms with van der Waals surface area (Å²) in [5.41, 5.74) is 0. The Morgan fingerprint density at radius 1 is 1.38 bits per heavy atom. The van der Waals surface area contributed by atoms with Crippen molar-refractivity contribution >= 4 is 17.5 Å². The number of nitrogens with zero attached hydrogens (tertiary/aromatic N) is 3. The number of aliphatic hydroxyl groups excluding tert-OH is 1. The van der Waals surface area contributed by atoms with Gasteiger partial charge in [-0.05, 0) is 11.6 Å². The number of ether oxygens (including phenoxy) is 2. The molecule has 0 radical (unpaired) electrons. The van der Waals surface area contributed by atoms with Gasteiger partial charge in [-0.15, -0.1) is 0 Å². The molecule has 90 valence electrons. The maximum Gasteiger partial charge on any atom is 0.322 e. The lowest BCUT2D eigenvalue weighted by molar-refractivity contribution is 0.0726. The summed E-state index contributed by atoms with van der Waals surface area (Å²) in [6, 6.07) is 0.115. The number of hydrogen-bond donors (Lipinski definition) is 2. The van der Waals surface area contributed by atoms with Crippen LogP contribution in [0.4, 0.5) is 5.95 Å². The van der Waals surface area contributed by atoms with Gasteiger partial charge in [0.15, 0.2) is 0 Å². The smallest absolute Gasteiger partial charge is 0.322 e. The van der Waals surface area contributed by atoms with Crippen molar-refractivity contribution in [3.05, 3.63) is 5.28 Å². The third kappa shape index (κ3) is 4.13. The van der Waals surface area contributed by atoms with E-state index in [1.807, 2.05) is 0 Å². The first-order valence-electron chi connectivity index (χ1n) is 4.52. The van der Waals surface area contributed by atoms with Gasteiger partial charge in [0, 0.05) is 13.7 Å². The molecule has 0 spiro atoms. The van der Waals surface area contributed by atoms with Crippen LogP contribution >= 0.6 is 11.6 Å². The molecule has 0 aliphatic heterocycles. The molecule has 0 aromatic carbocycles. The summed E-state index contributed by atoms with van der Waals surface area (Å²) in [6.07, 6.45) is -0.647. The van der Waals surface area contributed by atoms with E-state index in [1.54, 1.807) is 0 Å². The first-order valence-corrected chi connectivity index (χ1v) is 4.90. The minimum Gasteiger partial charge on any atom is -0.467 e. The fourth-order valence-electron chi connectivity index (χ4n) is 0.963. The molecule has 16 heavy (non-hydrogen) atoms. The standard InChI is InChI=1S/C8H13ClN4O3/c1-15-4-5(14)3-10-7-11-6(9)12-8(13-7)16-2/h5,14H,3-4H2,1-2H3,(H,10,11,12,13). The average molecular weight is 249 g/mol. The number of aromatic nitrogens is 3. The number of hydrogen-bond acceptors (Lipinski definition) is 7. The van der Waals surface area contributed by atoms with E-state index in [1.165, 1.54) is 14.2 Å². The molecule has 1 atom stereocenters. The zero-order chi connectivity index (χ0) is 12.0. The van der Waals surface area contributed by atoms with E-state index in [4.69, 9.17) is 21.1 Å². The summed E-state index contributed by atoms with van der Waals surface area (Å²) in [4.78, 5) is 11.4. The van der Waals surface area contributed by atoms with Gasteiger partial charge >= 0.3 is 6.01 Å². The van der Waals surface area contributed by atoms with Gasteiger partial charge in [0.2, 0.25) is 11.2 Å². The molecule has 0 aliphatic rings. The molecule has 1 aromatic heterocycles. The summed E-state index contributed by atoms with van der Waals surface area (Å²) in [5.74, 6) is 0.243. The molecule has 0 saturated heterocycles. The topological polar surface area (TPSA) is 89.4 Å². The van der Waals surface area contributed by atoms with Gasteiger partial charge in [0.05, 0.1) is 19.8 Å². The van der Waals surface area contributed by atoms with Crippen LogP contribution in [0.3, 0.4) is 0 Å². The third-order valence-corrected chi connectivity index (χ3v) is 1.79. The van der Waals surface area contributed by atoms with Crippen LogP contribution in [0.5, 0.6) is 6.01 Å². The minimum atomic E-state index is -0.647. The quantitative estimate of drug-likeness (QED) is 0.730. The van der Waals surface area contributed by atoms with Crippen LogP contribution in [0, 0.1) is 0 Å². The largest absolute Gasteiger partial charge is 0.467 e. The highest BCUT2D eigenvalue weighted by atomic mass is 35.5. The number of nitrogens with one attached hydrogen (secondary N) is 1. The molecule has 0 bridgehead atoms. The molecule has 8 heteroatoms. The number of aliphatic hydroxyl groups is 1. The highest BCUT2D eigenvalue weighted by Gasteiger charge is 2.07. The van der Waals surface area contributed by atoms with Crippen LogP contribution in [0.1, 0.15) is 0 Å². The Balaban J connectivity index is 2.56. The van der Waals surface area contributed by atoms with Gasteiger partial charge in [0.1, 0.15) is 0 Å². The fraction of sp³-hybridized carbons (Fsp3) is 0.625. The normalized spacial score (nSPS) is 12.2. The van der Waals surface area contributed by atoms with Crippen molar-refractivity contribution < 1.29 is 14.6 Å². The Hall–Kier alpha value is -1.18. The van der Waals surface area contributed by atoms with Crippen LogP contribution in [0.15, 0.2) is 0 Å². The third-order valence-electron chi connectivity index (χ3n) is 1.63. The van der Waals surface area contributed by atoms with Gasteiger partial charge < -0.3 is 19.9 Å². The summed E-state index contributed by atoms with van der Waals surface area (Å²) >= 11 is 5.64. The molecular weight excluding hydrogens is 236 g/mol. The van der Waals surface area contributed by atoms with Gasteiger partial charge in [-0.1, -0.05) is 0 Å². The minimum absolute atomic E-state index is 0.0237. The second-order valence-corrected chi connectivity index (χ2v) is 3.24. The Morgan fingerprint density at radius 2 is 2.12 bits per heavy atom. The van der Waals surface area contributed by atoms with Crippen LogP contribution in [0.25, 0.3) is 0 Å². The lowest BCUT2D eigenvalue weighted by atomic mass is 10.4.